The third kappa shape index (κ3) is 7.36. The number of hydrogen-bond donors (Lipinski definition) is 2. The maximum Gasteiger partial charge on any atom is 0.411 e. The van der Waals surface area contributed by atoms with Crippen LogP contribution in [0.4, 0.5) is 23.7 Å². The zero-order chi connectivity index (χ0) is 16.6. The van der Waals surface area contributed by atoms with Crippen molar-refractivity contribution in [1.29, 1.82) is 0 Å². The van der Waals surface area contributed by atoms with Crippen LogP contribution in [0.3, 0.4) is 0 Å². The van der Waals surface area contributed by atoms with Crippen LogP contribution in [0, 0.1) is 0 Å². The predicted molar refractivity (Wildman–Crippen MR) is 71.6 cm³/mol. The van der Waals surface area contributed by atoms with Gasteiger partial charge < -0.3 is 14.8 Å². The number of nitrogens with one attached hydrogen (secondary N) is 2. The highest BCUT2D eigenvalue weighted by atomic mass is 19.4. The number of alkyl halides is 3. The van der Waals surface area contributed by atoms with Gasteiger partial charge in [-0.1, -0.05) is 6.07 Å². The highest BCUT2D eigenvalue weighted by Crippen LogP contribution is 2.17. The van der Waals surface area contributed by atoms with Crippen molar-refractivity contribution in [2.75, 3.05) is 25.1 Å². The molecule has 6 nitrogen and oxygen atoms in total. The van der Waals surface area contributed by atoms with Crippen LogP contribution in [-0.4, -0.2) is 37.9 Å². The van der Waals surface area contributed by atoms with E-state index in [1.165, 1.54) is 12.1 Å². The Morgan fingerprint density at radius 3 is 2.64 bits per heavy atom. The second-order valence-corrected chi connectivity index (χ2v) is 4.05. The molecule has 1 rings (SSSR count). The summed E-state index contributed by atoms with van der Waals surface area (Å²) in [5, 5.41) is 4.10. The smallest absolute Gasteiger partial charge is 0.411 e. The lowest BCUT2D eigenvalue weighted by Gasteiger charge is -2.10. The summed E-state index contributed by atoms with van der Waals surface area (Å²) in [7, 11) is 0. The van der Waals surface area contributed by atoms with Crippen LogP contribution in [0.5, 0.6) is 5.75 Å². The minimum absolute atomic E-state index is 0.210. The van der Waals surface area contributed by atoms with Gasteiger partial charge in [0.15, 0.2) is 6.61 Å². The van der Waals surface area contributed by atoms with Gasteiger partial charge in [-0.25, -0.2) is 4.79 Å². The molecule has 2 N–H and O–H groups in total. The van der Waals surface area contributed by atoms with Crippen molar-refractivity contribution in [3.05, 3.63) is 24.3 Å². The number of benzene rings is 1. The molecule has 1 aromatic rings. The zero-order valence-corrected chi connectivity index (χ0v) is 11.7. The molecular weight excluding hydrogens is 305 g/mol. The summed E-state index contributed by atoms with van der Waals surface area (Å²) >= 11 is 0. The molecule has 0 saturated heterocycles. The minimum Gasteiger partial charge on any atom is -0.484 e. The molecule has 0 heterocycles. The number of hydrogen-bond acceptors (Lipinski definition) is 4. The number of carbonyl (C=O) groups is 2. The Kier molecular flexibility index (Phi) is 6.48. The van der Waals surface area contributed by atoms with E-state index in [2.05, 4.69) is 10.1 Å². The molecule has 0 unspecified atom stereocenters. The van der Waals surface area contributed by atoms with Crippen LogP contribution in [0.2, 0.25) is 0 Å². The van der Waals surface area contributed by atoms with Gasteiger partial charge in [0.25, 0.3) is 5.91 Å². The lowest BCUT2D eigenvalue weighted by Crippen LogP contribution is -2.36. The lowest BCUT2D eigenvalue weighted by molar-refractivity contribution is -0.139. The fourth-order valence-electron chi connectivity index (χ4n) is 1.35. The van der Waals surface area contributed by atoms with Crippen LogP contribution in [0.25, 0.3) is 0 Å². The molecule has 0 aliphatic carbocycles. The maximum atomic E-state index is 11.9. The van der Waals surface area contributed by atoms with E-state index in [0.717, 1.165) is 0 Å². The number of halogens is 3. The van der Waals surface area contributed by atoms with Crippen molar-refractivity contribution < 1.29 is 32.2 Å². The van der Waals surface area contributed by atoms with Crippen LogP contribution in [-0.2, 0) is 9.53 Å². The topological polar surface area (TPSA) is 76.7 Å². The van der Waals surface area contributed by atoms with Gasteiger partial charge in [0.2, 0.25) is 0 Å². The third-order valence-electron chi connectivity index (χ3n) is 2.21. The van der Waals surface area contributed by atoms with Crippen molar-refractivity contribution in [3.63, 3.8) is 0 Å². The third-order valence-corrected chi connectivity index (χ3v) is 2.21. The van der Waals surface area contributed by atoms with E-state index in [4.69, 9.17) is 4.74 Å². The van der Waals surface area contributed by atoms with E-state index in [1.54, 1.807) is 24.4 Å². The predicted octanol–water partition coefficient (Wildman–Crippen LogP) is 2.31. The van der Waals surface area contributed by atoms with Crippen LogP contribution >= 0.6 is 0 Å². The minimum atomic E-state index is -4.47. The second-order valence-electron chi connectivity index (χ2n) is 4.05. The first-order valence-electron chi connectivity index (χ1n) is 6.30. The second kappa shape index (κ2) is 8.11. The first kappa shape index (κ1) is 17.6. The van der Waals surface area contributed by atoms with Gasteiger partial charge in [-0.2, -0.15) is 13.2 Å². The number of rotatable bonds is 6. The molecular formula is C13H15F3N2O4. The molecule has 22 heavy (non-hydrogen) atoms. The van der Waals surface area contributed by atoms with Crippen molar-refractivity contribution in [2.45, 2.75) is 13.1 Å². The Bertz CT molecular complexity index is 520. The molecule has 0 fully saturated rings. The summed E-state index contributed by atoms with van der Waals surface area (Å²) in [5.41, 5.74) is 0.367. The summed E-state index contributed by atoms with van der Waals surface area (Å²) in [5.74, 6) is -0.683. The van der Waals surface area contributed by atoms with Gasteiger partial charge in [-0.05, 0) is 19.1 Å². The van der Waals surface area contributed by atoms with Gasteiger partial charge in [0.1, 0.15) is 12.3 Å². The lowest BCUT2D eigenvalue weighted by atomic mass is 10.3. The average molecular weight is 320 g/mol. The van der Waals surface area contributed by atoms with E-state index in [1.807, 2.05) is 0 Å². The van der Waals surface area contributed by atoms with Crippen molar-refractivity contribution in [1.82, 2.24) is 5.32 Å². The van der Waals surface area contributed by atoms with Crippen LogP contribution in [0.15, 0.2) is 24.3 Å². The molecule has 9 heteroatoms. The number of amides is 2. The molecule has 122 valence electrons. The monoisotopic (exact) mass is 320 g/mol. The van der Waals surface area contributed by atoms with Gasteiger partial charge in [-0.15, -0.1) is 0 Å². The summed E-state index contributed by atoms with van der Waals surface area (Å²) in [4.78, 5) is 22.4. The van der Waals surface area contributed by atoms with Crippen LogP contribution in [0.1, 0.15) is 6.92 Å². The van der Waals surface area contributed by atoms with Gasteiger partial charge in [0.05, 0.1) is 6.61 Å². The summed E-state index contributed by atoms with van der Waals surface area (Å²) in [6.07, 6.45) is -5.12. The number of anilines is 1. The number of ether oxygens (including phenoxy) is 2. The standard InChI is InChI=1S/C13H15F3N2O4/c1-2-21-12(20)18-9-4-3-5-10(6-9)22-7-11(19)17-8-13(14,15)16/h3-6H,2,7-8H2,1H3,(H,17,19)(H,18,20). The molecule has 0 aromatic heterocycles. The van der Waals surface area contributed by atoms with Gasteiger partial charge >= 0.3 is 12.3 Å². The molecule has 0 aliphatic rings. The summed E-state index contributed by atoms with van der Waals surface area (Å²) < 4.78 is 45.5. The average Bonchev–Trinajstić information content (AvgIpc) is 2.43. The van der Waals surface area contributed by atoms with Crippen LogP contribution < -0.4 is 15.4 Å². The van der Waals surface area contributed by atoms with E-state index in [9.17, 15) is 22.8 Å². The van der Waals surface area contributed by atoms with E-state index in [0.29, 0.717) is 5.69 Å². The Labute approximate surface area is 124 Å². The fraction of sp³-hybridized carbons (Fsp3) is 0.385. The molecule has 0 spiro atoms. The first-order valence-corrected chi connectivity index (χ1v) is 6.30. The molecule has 0 atom stereocenters. The first-order chi connectivity index (χ1) is 10.3. The highest BCUT2D eigenvalue weighted by molar-refractivity contribution is 5.84. The Morgan fingerprint density at radius 2 is 2.00 bits per heavy atom. The zero-order valence-electron chi connectivity index (χ0n) is 11.7. The van der Waals surface area contributed by atoms with Gasteiger partial charge in [0, 0.05) is 11.8 Å². The molecule has 2 amide bonds. The molecule has 0 bridgehead atoms. The molecule has 0 radical (unpaired) electrons. The quantitative estimate of drug-likeness (QED) is 0.843. The fourth-order valence-corrected chi connectivity index (χ4v) is 1.35. The van der Waals surface area contributed by atoms with E-state index >= 15 is 0 Å². The highest BCUT2D eigenvalue weighted by Gasteiger charge is 2.27. The van der Waals surface area contributed by atoms with Crippen molar-refractivity contribution >= 4 is 17.7 Å². The Morgan fingerprint density at radius 1 is 1.27 bits per heavy atom. The normalized spacial score (nSPS) is 10.7. The summed E-state index contributed by atoms with van der Waals surface area (Å²) in [6.45, 7) is -0.126. The van der Waals surface area contributed by atoms with E-state index < -0.39 is 31.3 Å². The molecule has 1 aromatic carbocycles. The number of carbonyl (C=O) groups excluding carboxylic acids is 2. The summed E-state index contributed by atoms with van der Waals surface area (Å²) in [6, 6.07) is 6.01. The van der Waals surface area contributed by atoms with Gasteiger partial charge in [-0.3, -0.25) is 10.1 Å². The van der Waals surface area contributed by atoms with Crippen molar-refractivity contribution in [3.8, 4) is 5.75 Å². The SMILES string of the molecule is CCOC(=O)Nc1cccc(OCC(=O)NCC(F)(F)F)c1. The largest absolute Gasteiger partial charge is 0.484 e. The molecule has 0 saturated carbocycles. The molecule has 0 aliphatic heterocycles. The Balaban J connectivity index is 2.46. The van der Waals surface area contributed by atoms with Crippen molar-refractivity contribution in [2.24, 2.45) is 0 Å². The Hall–Kier alpha value is -2.45. The van der Waals surface area contributed by atoms with E-state index in [-0.39, 0.29) is 12.4 Å². The maximum absolute atomic E-state index is 11.9.